The molecule has 0 fully saturated rings. The van der Waals surface area contributed by atoms with Gasteiger partial charge in [0.1, 0.15) is 11.8 Å². The van der Waals surface area contributed by atoms with Crippen LogP contribution in [0.4, 0.5) is 22.0 Å². The molecule has 0 radical (unpaired) electrons. The zero-order valence-corrected chi connectivity index (χ0v) is 8.78. The first-order chi connectivity index (χ1) is 7.81. The molecule has 2 nitrogen and oxygen atoms in total. The van der Waals surface area contributed by atoms with Crippen molar-refractivity contribution in [2.75, 3.05) is 0 Å². The van der Waals surface area contributed by atoms with Gasteiger partial charge in [-0.1, -0.05) is 0 Å². The maximum absolute atomic E-state index is 12.5. The number of halogens is 6. The molecule has 0 atom stereocenters. The summed E-state index contributed by atoms with van der Waals surface area (Å²) in [6, 6.07) is 1.91. The molecule has 1 aromatic rings. The lowest BCUT2D eigenvalue weighted by molar-refractivity contribution is -0.141. The largest absolute Gasteiger partial charge is 0.433 e. The van der Waals surface area contributed by atoms with Crippen LogP contribution < -0.4 is 0 Å². The molecule has 0 saturated heterocycles. The van der Waals surface area contributed by atoms with Gasteiger partial charge in [0.05, 0.1) is 0 Å². The number of hydrogen-bond donors (Lipinski definition) is 0. The highest BCUT2D eigenvalue weighted by molar-refractivity contribution is 6.17. The zero-order valence-electron chi connectivity index (χ0n) is 8.02. The molecule has 1 aromatic heterocycles. The molecule has 0 aliphatic rings. The zero-order chi connectivity index (χ0) is 13.2. The fourth-order valence-electron chi connectivity index (χ4n) is 1.22. The summed E-state index contributed by atoms with van der Waals surface area (Å²) >= 11 is 5.23. The second-order valence-electron chi connectivity index (χ2n) is 2.97. The van der Waals surface area contributed by atoms with Gasteiger partial charge in [-0.3, -0.25) is 0 Å². The van der Waals surface area contributed by atoms with E-state index in [0.29, 0.717) is 6.07 Å². The fraction of sp³-hybridized carbons (Fsp3) is 0.333. The van der Waals surface area contributed by atoms with Crippen molar-refractivity contribution in [3.8, 4) is 6.07 Å². The molecule has 0 amide bonds. The van der Waals surface area contributed by atoms with Gasteiger partial charge in [0, 0.05) is 17.0 Å². The first-order valence-corrected chi connectivity index (χ1v) is 4.70. The van der Waals surface area contributed by atoms with Gasteiger partial charge in [0.15, 0.2) is 5.69 Å². The number of aromatic nitrogens is 1. The molecule has 0 saturated carbocycles. The molecule has 1 heterocycles. The van der Waals surface area contributed by atoms with Gasteiger partial charge in [0.2, 0.25) is 0 Å². The molecular weight excluding hydrogens is 267 g/mol. The number of nitrogens with zero attached hydrogens (tertiary/aromatic N) is 2. The van der Waals surface area contributed by atoms with E-state index in [1.165, 1.54) is 6.07 Å². The SMILES string of the molecule is N#Cc1cc(C(F)F)c(CCl)c(C(F)(F)F)n1. The van der Waals surface area contributed by atoms with Crippen LogP contribution >= 0.6 is 11.6 Å². The summed E-state index contributed by atoms with van der Waals surface area (Å²) in [7, 11) is 0. The van der Waals surface area contributed by atoms with E-state index in [4.69, 9.17) is 16.9 Å². The van der Waals surface area contributed by atoms with Gasteiger partial charge < -0.3 is 0 Å². The van der Waals surface area contributed by atoms with Crippen molar-refractivity contribution in [3.63, 3.8) is 0 Å². The molecule has 0 aliphatic carbocycles. The van der Waals surface area contributed by atoms with E-state index in [-0.39, 0.29) is 0 Å². The maximum atomic E-state index is 12.5. The second-order valence-corrected chi connectivity index (χ2v) is 3.24. The topological polar surface area (TPSA) is 36.7 Å². The van der Waals surface area contributed by atoms with Crippen molar-refractivity contribution in [1.29, 1.82) is 5.26 Å². The van der Waals surface area contributed by atoms with Crippen LogP contribution in [-0.4, -0.2) is 4.98 Å². The van der Waals surface area contributed by atoms with Gasteiger partial charge in [-0.15, -0.1) is 11.6 Å². The third kappa shape index (κ3) is 2.82. The number of alkyl halides is 6. The number of rotatable bonds is 2. The summed E-state index contributed by atoms with van der Waals surface area (Å²) in [4.78, 5) is 2.97. The Balaban J connectivity index is 3.58. The summed E-state index contributed by atoms with van der Waals surface area (Å²) in [6.45, 7) is 0. The van der Waals surface area contributed by atoms with Crippen LogP contribution in [0.2, 0.25) is 0 Å². The fourth-order valence-corrected chi connectivity index (χ4v) is 1.50. The van der Waals surface area contributed by atoms with Gasteiger partial charge >= 0.3 is 6.18 Å². The predicted octanol–water partition coefficient (Wildman–Crippen LogP) is 3.65. The molecule has 0 aliphatic heterocycles. The number of pyridine rings is 1. The average molecular weight is 271 g/mol. The Hall–Kier alpha value is -1.42. The van der Waals surface area contributed by atoms with E-state index in [2.05, 4.69) is 4.98 Å². The molecule has 92 valence electrons. The van der Waals surface area contributed by atoms with E-state index in [0.717, 1.165) is 0 Å². The highest BCUT2D eigenvalue weighted by atomic mass is 35.5. The van der Waals surface area contributed by atoms with E-state index in [1.807, 2.05) is 0 Å². The van der Waals surface area contributed by atoms with E-state index < -0.39 is 41.0 Å². The van der Waals surface area contributed by atoms with E-state index in [1.54, 1.807) is 0 Å². The smallest absolute Gasteiger partial charge is 0.232 e. The minimum Gasteiger partial charge on any atom is -0.232 e. The van der Waals surface area contributed by atoms with Crippen LogP contribution in [0.15, 0.2) is 6.07 Å². The van der Waals surface area contributed by atoms with Crippen LogP contribution in [0.3, 0.4) is 0 Å². The van der Waals surface area contributed by atoms with E-state index in [9.17, 15) is 22.0 Å². The Labute approximate surface area is 97.6 Å². The quantitative estimate of drug-likeness (QED) is 0.607. The standard InChI is InChI=1S/C9H4ClF5N2/c10-2-6-5(8(11)12)1-4(3-16)17-7(6)9(13,14)15/h1,8H,2H2. The lowest BCUT2D eigenvalue weighted by Crippen LogP contribution is -2.15. The molecule has 0 N–H and O–H groups in total. The highest BCUT2D eigenvalue weighted by Gasteiger charge is 2.37. The van der Waals surface area contributed by atoms with E-state index >= 15 is 0 Å². The third-order valence-corrected chi connectivity index (χ3v) is 2.18. The first kappa shape index (κ1) is 13.6. The minimum absolute atomic E-state index is 0.609. The van der Waals surface area contributed by atoms with Crippen molar-refractivity contribution in [3.05, 3.63) is 28.6 Å². The minimum atomic E-state index is -4.93. The van der Waals surface area contributed by atoms with Crippen LogP contribution in [0.5, 0.6) is 0 Å². The first-order valence-electron chi connectivity index (χ1n) is 4.16. The van der Waals surface area contributed by atoms with Crippen molar-refractivity contribution >= 4 is 11.6 Å². The summed E-state index contributed by atoms with van der Waals surface area (Å²) in [5.41, 5.74) is -3.98. The van der Waals surface area contributed by atoms with Crippen LogP contribution in [0.25, 0.3) is 0 Å². The lowest BCUT2D eigenvalue weighted by atomic mass is 10.1. The Morgan fingerprint density at radius 3 is 2.35 bits per heavy atom. The Bertz CT molecular complexity index is 464. The summed E-state index contributed by atoms with van der Waals surface area (Å²) < 4.78 is 62.6. The molecule has 17 heavy (non-hydrogen) atoms. The molecule has 1 rings (SSSR count). The molecule has 0 unspecified atom stereocenters. The van der Waals surface area contributed by atoms with Crippen LogP contribution in [-0.2, 0) is 12.1 Å². The summed E-state index contributed by atoms with van der Waals surface area (Å²) in [5.74, 6) is -0.757. The predicted molar refractivity (Wildman–Crippen MR) is 48.5 cm³/mol. The second kappa shape index (κ2) is 4.84. The highest BCUT2D eigenvalue weighted by Crippen LogP contribution is 2.36. The lowest BCUT2D eigenvalue weighted by Gasteiger charge is -2.14. The summed E-state index contributed by atoms with van der Waals surface area (Å²) in [6.07, 6.45) is -8.08. The average Bonchev–Trinajstić information content (AvgIpc) is 2.25. The monoisotopic (exact) mass is 270 g/mol. The molecule has 0 aromatic carbocycles. The van der Waals surface area contributed by atoms with Gasteiger partial charge in [-0.05, 0) is 6.07 Å². The van der Waals surface area contributed by atoms with Crippen molar-refractivity contribution in [2.45, 2.75) is 18.5 Å². The Kier molecular flexibility index (Phi) is 3.88. The maximum Gasteiger partial charge on any atom is 0.433 e. The van der Waals surface area contributed by atoms with Crippen molar-refractivity contribution < 1.29 is 22.0 Å². The van der Waals surface area contributed by atoms with Crippen molar-refractivity contribution in [1.82, 2.24) is 4.98 Å². The normalized spacial score (nSPS) is 11.6. The molecular formula is C9H4ClF5N2. The third-order valence-electron chi connectivity index (χ3n) is 1.91. The summed E-state index contributed by atoms with van der Waals surface area (Å²) in [5, 5.41) is 8.44. The molecule has 0 spiro atoms. The van der Waals surface area contributed by atoms with Gasteiger partial charge in [-0.2, -0.15) is 18.4 Å². The van der Waals surface area contributed by atoms with Gasteiger partial charge in [0.25, 0.3) is 6.43 Å². The Morgan fingerprint density at radius 2 is 2.00 bits per heavy atom. The molecule has 0 bridgehead atoms. The number of hydrogen-bond acceptors (Lipinski definition) is 2. The van der Waals surface area contributed by atoms with Gasteiger partial charge in [-0.25, -0.2) is 13.8 Å². The van der Waals surface area contributed by atoms with Crippen LogP contribution in [0, 0.1) is 11.3 Å². The van der Waals surface area contributed by atoms with Crippen LogP contribution in [0.1, 0.15) is 28.9 Å². The molecule has 8 heteroatoms. The van der Waals surface area contributed by atoms with Crippen molar-refractivity contribution in [2.24, 2.45) is 0 Å². The number of nitriles is 1. The Morgan fingerprint density at radius 1 is 1.41 bits per heavy atom.